The molecule has 0 spiro atoms. The lowest BCUT2D eigenvalue weighted by molar-refractivity contribution is 0.0950. The number of aryl methyl sites for hydroxylation is 2. The van der Waals surface area contributed by atoms with Gasteiger partial charge in [-0.2, -0.15) is 0 Å². The van der Waals surface area contributed by atoms with E-state index in [2.05, 4.69) is 31.2 Å². The standard InChI is InChI=1S/C22H21BrN6O/c1-4-25-21(30)18-19(23)29-20(27-18)16(15-10-12(2)26-13(3)11-15)17(28-22(29)24)14-8-6-5-7-9-14/h5-11H,4H2,1-3H3,(H2,24,28)(H,25,30). The molecule has 0 radical (unpaired) electrons. The van der Waals surface area contributed by atoms with Crippen molar-refractivity contribution in [2.45, 2.75) is 20.8 Å². The van der Waals surface area contributed by atoms with Gasteiger partial charge in [0.1, 0.15) is 4.60 Å². The quantitative estimate of drug-likeness (QED) is 0.472. The zero-order valence-electron chi connectivity index (χ0n) is 16.9. The summed E-state index contributed by atoms with van der Waals surface area (Å²) in [5, 5.41) is 2.79. The highest BCUT2D eigenvalue weighted by atomic mass is 79.9. The molecule has 8 heteroatoms. The number of nitrogens with two attached hydrogens (primary N) is 1. The van der Waals surface area contributed by atoms with Crippen molar-refractivity contribution < 1.29 is 4.79 Å². The second-order valence-corrected chi connectivity index (χ2v) is 7.72. The zero-order valence-corrected chi connectivity index (χ0v) is 18.5. The molecule has 4 rings (SSSR count). The number of amides is 1. The number of nitrogens with one attached hydrogen (secondary N) is 1. The zero-order chi connectivity index (χ0) is 21.4. The number of halogens is 1. The van der Waals surface area contributed by atoms with Gasteiger partial charge in [-0.05, 0) is 54.4 Å². The summed E-state index contributed by atoms with van der Waals surface area (Å²) in [6.45, 7) is 6.25. The second kappa shape index (κ2) is 7.87. The molecule has 3 heterocycles. The Morgan fingerprint density at radius 1 is 1.07 bits per heavy atom. The fourth-order valence-corrected chi connectivity index (χ4v) is 4.16. The van der Waals surface area contributed by atoms with Gasteiger partial charge in [0.25, 0.3) is 5.91 Å². The van der Waals surface area contributed by atoms with Crippen LogP contribution in [-0.2, 0) is 0 Å². The number of fused-ring (bicyclic) bond motifs is 1. The Morgan fingerprint density at radius 2 is 1.73 bits per heavy atom. The van der Waals surface area contributed by atoms with Crippen molar-refractivity contribution in [3.05, 3.63) is 64.1 Å². The molecule has 0 aliphatic rings. The van der Waals surface area contributed by atoms with Gasteiger partial charge in [-0.15, -0.1) is 0 Å². The largest absolute Gasteiger partial charge is 0.369 e. The Kier molecular flexibility index (Phi) is 5.26. The molecule has 1 aromatic carbocycles. The van der Waals surface area contributed by atoms with Crippen molar-refractivity contribution >= 4 is 33.4 Å². The highest BCUT2D eigenvalue weighted by Crippen LogP contribution is 2.37. The van der Waals surface area contributed by atoms with Gasteiger partial charge in [-0.3, -0.25) is 14.2 Å². The van der Waals surface area contributed by atoms with Crippen LogP contribution in [-0.4, -0.2) is 31.8 Å². The maximum atomic E-state index is 12.6. The molecular weight excluding hydrogens is 444 g/mol. The van der Waals surface area contributed by atoms with Crippen molar-refractivity contribution in [2.75, 3.05) is 12.3 Å². The van der Waals surface area contributed by atoms with Crippen LogP contribution < -0.4 is 11.1 Å². The topological polar surface area (TPSA) is 98.2 Å². The van der Waals surface area contributed by atoms with Crippen molar-refractivity contribution in [2.24, 2.45) is 0 Å². The van der Waals surface area contributed by atoms with E-state index in [1.54, 1.807) is 4.40 Å². The maximum absolute atomic E-state index is 12.6. The molecule has 0 aliphatic heterocycles. The van der Waals surface area contributed by atoms with E-state index in [1.807, 2.05) is 63.2 Å². The Bertz CT molecular complexity index is 1250. The predicted octanol–water partition coefficient (Wildman–Crippen LogP) is 4.17. The highest BCUT2D eigenvalue weighted by Gasteiger charge is 2.24. The third-order valence-corrected chi connectivity index (χ3v) is 5.44. The summed E-state index contributed by atoms with van der Waals surface area (Å²) in [6, 6.07) is 13.8. The molecule has 30 heavy (non-hydrogen) atoms. The monoisotopic (exact) mass is 464 g/mol. The fraction of sp³-hybridized carbons (Fsp3) is 0.182. The van der Waals surface area contributed by atoms with Gasteiger partial charge < -0.3 is 11.1 Å². The minimum Gasteiger partial charge on any atom is -0.369 e. The third kappa shape index (κ3) is 3.43. The first-order valence-electron chi connectivity index (χ1n) is 9.57. The van der Waals surface area contributed by atoms with Crippen LogP contribution in [0.25, 0.3) is 28.0 Å². The van der Waals surface area contributed by atoms with Crippen LogP contribution in [0.15, 0.2) is 47.1 Å². The molecule has 3 aromatic heterocycles. The molecule has 0 aliphatic carbocycles. The van der Waals surface area contributed by atoms with Crippen LogP contribution in [0.2, 0.25) is 0 Å². The van der Waals surface area contributed by atoms with Gasteiger partial charge in [0, 0.05) is 23.5 Å². The lowest BCUT2D eigenvalue weighted by Crippen LogP contribution is -2.23. The number of carbonyl (C=O) groups excluding carboxylic acids is 1. The van der Waals surface area contributed by atoms with E-state index in [4.69, 9.17) is 10.7 Å². The van der Waals surface area contributed by atoms with E-state index in [9.17, 15) is 4.79 Å². The average Bonchev–Trinajstić information content (AvgIpc) is 3.05. The molecule has 152 valence electrons. The van der Waals surface area contributed by atoms with Gasteiger partial charge >= 0.3 is 0 Å². The summed E-state index contributed by atoms with van der Waals surface area (Å²) < 4.78 is 2.13. The van der Waals surface area contributed by atoms with Crippen molar-refractivity contribution in [1.82, 2.24) is 24.7 Å². The number of pyridine rings is 1. The van der Waals surface area contributed by atoms with Crippen LogP contribution in [0.1, 0.15) is 28.8 Å². The molecule has 7 nitrogen and oxygen atoms in total. The molecule has 0 bridgehead atoms. The summed E-state index contributed by atoms with van der Waals surface area (Å²) in [5.41, 5.74) is 12.2. The number of aromatic nitrogens is 4. The van der Waals surface area contributed by atoms with Crippen molar-refractivity contribution in [3.63, 3.8) is 0 Å². The lowest BCUT2D eigenvalue weighted by atomic mass is 9.99. The minimum atomic E-state index is -0.276. The number of hydrogen-bond donors (Lipinski definition) is 2. The fourth-order valence-electron chi connectivity index (χ4n) is 3.54. The van der Waals surface area contributed by atoms with E-state index < -0.39 is 0 Å². The van der Waals surface area contributed by atoms with Gasteiger partial charge in [0.05, 0.1) is 11.3 Å². The van der Waals surface area contributed by atoms with Gasteiger partial charge in [-0.1, -0.05) is 30.3 Å². The second-order valence-electron chi connectivity index (χ2n) is 6.97. The van der Waals surface area contributed by atoms with Crippen LogP contribution in [0.5, 0.6) is 0 Å². The first-order valence-corrected chi connectivity index (χ1v) is 10.4. The van der Waals surface area contributed by atoms with Crippen molar-refractivity contribution in [1.29, 1.82) is 0 Å². The Labute approximate surface area is 182 Å². The summed E-state index contributed by atoms with van der Waals surface area (Å²) in [6.07, 6.45) is 0. The highest BCUT2D eigenvalue weighted by molar-refractivity contribution is 9.10. The van der Waals surface area contributed by atoms with Crippen LogP contribution in [0.4, 0.5) is 5.95 Å². The van der Waals surface area contributed by atoms with E-state index in [0.717, 1.165) is 28.1 Å². The first-order chi connectivity index (χ1) is 14.4. The predicted molar refractivity (Wildman–Crippen MR) is 121 cm³/mol. The Hall–Kier alpha value is -3.26. The number of imidazole rings is 1. The maximum Gasteiger partial charge on any atom is 0.272 e. The minimum absolute atomic E-state index is 0.241. The normalized spacial score (nSPS) is 11.1. The Morgan fingerprint density at radius 3 is 2.37 bits per heavy atom. The van der Waals surface area contributed by atoms with Crippen molar-refractivity contribution in [3.8, 4) is 22.4 Å². The molecule has 0 saturated heterocycles. The number of nitrogens with zero attached hydrogens (tertiary/aromatic N) is 4. The molecule has 0 fully saturated rings. The van der Waals surface area contributed by atoms with E-state index >= 15 is 0 Å². The summed E-state index contributed by atoms with van der Waals surface area (Å²) in [4.78, 5) is 26.4. The number of carbonyl (C=O) groups is 1. The third-order valence-electron chi connectivity index (χ3n) is 4.71. The van der Waals surface area contributed by atoms with E-state index in [1.165, 1.54) is 0 Å². The average molecular weight is 465 g/mol. The Balaban J connectivity index is 2.12. The molecule has 4 aromatic rings. The SMILES string of the molecule is CCNC(=O)c1nc2c(-c3cc(C)nc(C)c3)c(-c3ccccc3)nc(N)n2c1Br. The number of anilines is 1. The van der Waals surface area contributed by atoms with Crippen LogP contribution in [0.3, 0.4) is 0 Å². The van der Waals surface area contributed by atoms with Gasteiger partial charge in [-0.25, -0.2) is 9.97 Å². The molecule has 0 unspecified atom stereocenters. The first kappa shape index (κ1) is 20.0. The molecule has 0 atom stereocenters. The van der Waals surface area contributed by atoms with Gasteiger partial charge in [0.2, 0.25) is 5.95 Å². The number of benzene rings is 1. The molecule has 3 N–H and O–H groups in total. The number of hydrogen-bond acceptors (Lipinski definition) is 5. The summed E-state index contributed by atoms with van der Waals surface area (Å²) >= 11 is 3.50. The summed E-state index contributed by atoms with van der Waals surface area (Å²) in [7, 11) is 0. The molecule has 1 amide bonds. The molecule has 0 saturated carbocycles. The summed E-state index contributed by atoms with van der Waals surface area (Å²) in [5.74, 6) is -0.0354. The smallest absolute Gasteiger partial charge is 0.272 e. The van der Waals surface area contributed by atoms with E-state index in [-0.39, 0.29) is 17.5 Å². The van der Waals surface area contributed by atoms with Crippen LogP contribution >= 0.6 is 15.9 Å². The molecular formula is C22H21BrN6O. The van der Waals surface area contributed by atoms with Crippen LogP contribution in [0, 0.1) is 13.8 Å². The lowest BCUT2D eigenvalue weighted by Gasteiger charge is -2.14. The van der Waals surface area contributed by atoms with E-state index in [0.29, 0.717) is 22.5 Å². The number of rotatable bonds is 4. The number of nitrogen functional groups attached to an aromatic ring is 1. The van der Waals surface area contributed by atoms with Gasteiger partial charge in [0.15, 0.2) is 11.3 Å².